The van der Waals surface area contributed by atoms with Crippen molar-refractivity contribution >= 4 is 27.7 Å². The predicted molar refractivity (Wildman–Crippen MR) is 128 cm³/mol. The third kappa shape index (κ3) is 7.69. The molecule has 2 aromatic rings. The fourth-order valence-electron chi connectivity index (χ4n) is 3.22. The van der Waals surface area contributed by atoms with Crippen molar-refractivity contribution in [2.24, 2.45) is 0 Å². The van der Waals surface area contributed by atoms with Crippen molar-refractivity contribution in [3.8, 4) is 5.75 Å². The Kier molecular flexibility index (Phi) is 10.0. The summed E-state index contributed by atoms with van der Waals surface area (Å²) in [5.41, 5.74) is 2.01. The zero-order valence-electron chi connectivity index (χ0n) is 18.9. The molecule has 1 atom stereocenters. The average Bonchev–Trinajstić information content (AvgIpc) is 2.76. The molecule has 5 nitrogen and oxygen atoms in total. The second kappa shape index (κ2) is 12.5. The summed E-state index contributed by atoms with van der Waals surface area (Å²) >= 11 is 3.43. The zero-order valence-corrected chi connectivity index (χ0v) is 20.4. The summed E-state index contributed by atoms with van der Waals surface area (Å²) in [5, 5.41) is 2.93. The van der Waals surface area contributed by atoms with Crippen molar-refractivity contribution in [2.45, 2.75) is 59.0 Å². The van der Waals surface area contributed by atoms with Gasteiger partial charge in [-0.1, -0.05) is 73.5 Å². The number of hydrogen-bond acceptors (Lipinski definition) is 3. The number of nitrogens with one attached hydrogen (secondary N) is 1. The first-order valence-electron chi connectivity index (χ1n) is 10.9. The van der Waals surface area contributed by atoms with Crippen molar-refractivity contribution in [3.05, 3.63) is 64.1 Å². The third-order valence-corrected chi connectivity index (χ3v) is 5.68. The fraction of sp³-hybridized carbons (Fsp3) is 0.440. The monoisotopic (exact) mass is 488 g/mol. The molecule has 0 radical (unpaired) electrons. The molecule has 0 spiro atoms. The van der Waals surface area contributed by atoms with E-state index in [-0.39, 0.29) is 24.3 Å². The van der Waals surface area contributed by atoms with Crippen LogP contribution in [0.5, 0.6) is 5.75 Å². The lowest BCUT2D eigenvalue weighted by Crippen LogP contribution is -2.49. The molecule has 0 aliphatic carbocycles. The first kappa shape index (κ1) is 24.9. The Hall–Kier alpha value is -2.34. The molecular weight excluding hydrogens is 456 g/mol. The molecule has 2 aromatic carbocycles. The number of unbranched alkanes of at least 4 members (excludes halogenated alkanes) is 1. The van der Waals surface area contributed by atoms with Crippen LogP contribution in [-0.4, -0.2) is 35.9 Å². The van der Waals surface area contributed by atoms with Crippen molar-refractivity contribution in [3.63, 3.8) is 0 Å². The first-order valence-corrected chi connectivity index (χ1v) is 11.7. The van der Waals surface area contributed by atoms with Gasteiger partial charge in [-0.05, 0) is 48.6 Å². The van der Waals surface area contributed by atoms with Crippen LogP contribution in [-0.2, 0) is 16.1 Å². The summed E-state index contributed by atoms with van der Waals surface area (Å²) in [4.78, 5) is 27.4. The van der Waals surface area contributed by atoms with E-state index < -0.39 is 6.04 Å². The van der Waals surface area contributed by atoms with E-state index in [1.165, 1.54) is 0 Å². The molecule has 31 heavy (non-hydrogen) atoms. The van der Waals surface area contributed by atoms with Gasteiger partial charge in [0.05, 0.1) is 0 Å². The highest BCUT2D eigenvalue weighted by atomic mass is 79.9. The van der Waals surface area contributed by atoms with Gasteiger partial charge in [0, 0.05) is 17.6 Å². The van der Waals surface area contributed by atoms with E-state index in [0.29, 0.717) is 18.8 Å². The van der Waals surface area contributed by atoms with Gasteiger partial charge in [0.15, 0.2) is 6.61 Å². The molecule has 0 aromatic heterocycles. The highest BCUT2D eigenvalue weighted by molar-refractivity contribution is 9.10. The molecule has 0 aliphatic rings. The van der Waals surface area contributed by atoms with Crippen molar-refractivity contribution < 1.29 is 14.3 Å². The highest BCUT2D eigenvalue weighted by Gasteiger charge is 2.26. The summed E-state index contributed by atoms with van der Waals surface area (Å²) < 4.78 is 6.86. The van der Waals surface area contributed by atoms with E-state index in [2.05, 4.69) is 42.0 Å². The number of amides is 2. The van der Waals surface area contributed by atoms with Crippen LogP contribution < -0.4 is 10.1 Å². The lowest BCUT2D eigenvalue weighted by Gasteiger charge is -2.29. The standard InChI is InChI=1S/C25H33BrN2O3/c1-5-6-15-27-25(30)19(4)28(16-20-11-13-21(26)14-12-20)24(29)17-31-23-10-8-7-9-22(23)18(2)3/h7-14,18-19H,5-6,15-17H2,1-4H3,(H,27,30)/t19-/m0/s1. The third-order valence-electron chi connectivity index (χ3n) is 5.16. The van der Waals surface area contributed by atoms with Gasteiger partial charge >= 0.3 is 0 Å². The molecule has 2 amide bonds. The van der Waals surface area contributed by atoms with Crippen molar-refractivity contribution in [2.75, 3.05) is 13.2 Å². The topological polar surface area (TPSA) is 58.6 Å². The minimum absolute atomic E-state index is 0.118. The highest BCUT2D eigenvalue weighted by Crippen LogP contribution is 2.26. The average molecular weight is 489 g/mol. The van der Waals surface area contributed by atoms with E-state index in [0.717, 1.165) is 28.4 Å². The lowest BCUT2D eigenvalue weighted by atomic mass is 10.0. The van der Waals surface area contributed by atoms with Crippen LogP contribution in [0.25, 0.3) is 0 Å². The molecule has 0 bridgehead atoms. The van der Waals surface area contributed by atoms with E-state index in [9.17, 15) is 9.59 Å². The summed E-state index contributed by atoms with van der Waals surface area (Å²) in [6, 6.07) is 14.9. The Bertz CT molecular complexity index is 852. The number of hydrogen-bond donors (Lipinski definition) is 1. The van der Waals surface area contributed by atoms with Gasteiger partial charge in [0.1, 0.15) is 11.8 Å². The van der Waals surface area contributed by atoms with E-state index in [4.69, 9.17) is 4.74 Å². The number of carbonyl (C=O) groups excluding carboxylic acids is 2. The molecule has 2 rings (SSSR count). The Balaban J connectivity index is 2.15. The van der Waals surface area contributed by atoms with Crippen LogP contribution in [0, 0.1) is 0 Å². The van der Waals surface area contributed by atoms with E-state index in [1.54, 1.807) is 11.8 Å². The van der Waals surface area contributed by atoms with Crippen molar-refractivity contribution in [1.82, 2.24) is 10.2 Å². The van der Waals surface area contributed by atoms with Gasteiger partial charge in [-0.25, -0.2) is 0 Å². The number of para-hydroxylation sites is 1. The van der Waals surface area contributed by atoms with Gasteiger partial charge in [0.2, 0.25) is 5.91 Å². The molecule has 6 heteroatoms. The van der Waals surface area contributed by atoms with Gasteiger partial charge in [-0.2, -0.15) is 0 Å². The maximum absolute atomic E-state index is 13.2. The quantitative estimate of drug-likeness (QED) is 0.437. The summed E-state index contributed by atoms with van der Waals surface area (Å²) in [6.45, 7) is 8.85. The Morgan fingerprint density at radius 3 is 2.39 bits per heavy atom. The zero-order chi connectivity index (χ0) is 22.8. The number of carbonyl (C=O) groups is 2. The van der Waals surface area contributed by atoms with Crippen LogP contribution in [0.15, 0.2) is 53.0 Å². The maximum atomic E-state index is 13.2. The number of nitrogens with zero attached hydrogens (tertiary/aromatic N) is 1. The molecule has 168 valence electrons. The van der Waals surface area contributed by atoms with E-state index >= 15 is 0 Å². The van der Waals surface area contributed by atoms with Gasteiger partial charge in [0.25, 0.3) is 5.91 Å². The van der Waals surface area contributed by atoms with Gasteiger partial charge < -0.3 is 15.0 Å². The molecule has 0 saturated heterocycles. The van der Waals surface area contributed by atoms with Crippen LogP contribution in [0.1, 0.15) is 57.6 Å². The maximum Gasteiger partial charge on any atom is 0.261 e. The minimum atomic E-state index is -0.600. The largest absolute Gasteiger partial charge is 0.483 e. The molecule has 1 N–H and O–H groups in total. The smallest absolute Gasteiger partial charge is 0.261 e. The molecule has 0 unspecified atom stereocenters. The molecule has 0 heterocycles. The number of halogens is 1. The second-order valence-corrected chi connectivity index (χ2v) is 8.87. The predicted octanol–water partition coefficient (Wildman–Crippen LogP) is 5.28. The Labute approximate surface area is 194 Å². The summed E-state index contributed by atoms with van der Waals surface area (Å²) in [5.74, 6) is 0.615. The normalized spacial score (nSPS) is 11.8. The number of rotatable bonds is 11. The SMILES string of the molecule is CCCCNC(=O)[C@H](C)N(Cc1ccc(Br)cc1)C(=O)COc1ccccc1C(C)C. The Morgan fingerprint density at radius 1 is 1.06 bits per heavy atom. The molecular formula is C25H33BrN2O3. The summed E-state index contributed by atoms with van der Waals surface area (Å²) in [6.07, 6.45) is 1.91. The molecule has 0 saturated carbocycles. The minimum Gasteiger partial charge on any atom is -0.483 e. The van der Waals surface area contributed by atoms with Crippen LogP contribution in [0.4, 0.5) is 0 Å². The fourth-order valence-corrected chi connectivity index (χ4v) is 3.48. The second-order valence-electron chi connectivity index (χ2n) is 7.95. The van der Waals surface area contributed by atoms with Crippen LogP contribution in [0.2, 0.25) is 0 Å². The molecule has 0 fully saturated rings. The number of ether oxygens (including phenoxy) is 1. The summed E-state index contributed by atoms with van der Waals surface area (Å²) in [7, 11) is 0. The lowest BCUT2D eigenvalue weighted by molar-refractivity contribution is -0.142. The van der Waals surface area contributed by atoms with Crippen LogP contribution in [0.3, 0.4) is 0 Å². The molecule has 0 aliphatic heterocycles. The van der Waals surface area contributed by atoms with Crippen LogP contribution >= 0.6 is 15.9 Å². The first-order chi connectivity index (χ1) is 14.8. The van der Waals surface area contributed by atoms with Gasteiger partial charge in [-0.15, -0.1) is 0 Å². The Morgan fingerprint density at radius 2 is 1.74 bits per heavy atom. The van der Waals surface area contributed by atoms with E-state index in [1.807, 2.05) is 48.5 Å². The van der Waals surface area contributed by atoms with Crippen molar-refractivity contribution in [1.29, 1.82) is 0 Å². The number of benzene rings is 2. The van der Waals surface area contributed by atoms with Gasteiger partial charge in [-0.3, -0.25) is 9.59 Å².